The third-order valence-corrected chi connectivity index (χ3v) is 6.13. The van der Waals surface area contributed by atoms with E-state index >= 15 is 0 Å². The Hall–Kier alpha value is -3.73. The van der Waals surface area contributed by atoms with Crippen molar-refractivity contribution in [2.75, 3.05) is 5.32 Å². The zero-order chi connectivity index (χ0) is 23.9. The Morgan fingerprint density at radius 2 is 1.91 bits per heavy atom. The van der Waals surface area contributed by atoms with E-state index in [2.05, 4.69) is 16.1 Å². The number of benzene rings is 1. The second-order valence-corrected chi connectivity index (χ2v) is 8.27. The van der Waals surface area contributed by atoms with Crippen molar-refractivity contribution in [1.82, 2.24) is 15.3 Å². The Morgan fingerprint density at radius 1 is 1.18 bits per heavy atom. The number of nitrogens with two attached hydrogens (primary N) is 2. The largest absolute Gasteiger partial charge is 0.399 e. The summed E-state index contributed by atoms with van der Waals surface area (Å²) in [5, 5.41) is 5.23. The van der Waals surface area contributed by atoms with Crippen molar-refractivity contribution in [3.63, 3.8) is 0 Å². The average Bonchev–Trinajstić information content (AvgIpc) is 3.31. The van der Waals surface area contributed by atoms with E-state index in [1.807, 2.05) is 0 Å². The van der Waals surface area contributed by atoms with Gasteiger partial charge in [-0.2, -0.15) is 0 Å². The van der Waals surface area contributed by atoms with E-state index in [1.54, 1.807) is 11.5 Å². The molecule has 2 heterocycles. The number of Topliss-reactive ketones (excluding diaryl/α,β-unsaturated/α-hetero) is 1. The van der Waals surface area contributed by atoms with Crippen LogP contribution in [0.5, 0.6) is 0 Å². The molecule has 0 atom stereocenters. The molecule has 0 spiro atoms. The molecule has 1 aromatic carbocycles. The Kier molecular flexibility index (Phi) is 5.66. The zero-order valence-electron chi connectivity index (χ0n) is 17.9. The van der Waals surface area contributed by atoms with E-state index in [1.165, 1.54) is 12.3 Å². The molecule has 2 aromatic rings. The second kappa shape index (κ2) is 8.32. The molecule has 1 fully saturated rings. The molecule has 33 heavy (non-hydrogen) atoms. The molecule has 0 saturated heterocycles. The Balaban J connectivity index is 1.61. The van der Waals surface area contributed by atoms with Gasteiger partial charge in [0, 0.05) is 30.2 Å². The van der Waals surface area contributed by atoms with Crippen molar-refractivity contribution >= 4 is 23.3 Å². The number of amides is 2. The van der Waals surface area contributed by atoms with Gasteiger partial charge in [0.25, 0.3) is 17.6 Å². The number of carbonyl (C=O) groups excluding carboxylic acids is 3. The normalized spacial score (nSPS) is 16.2. The molecular formula is C22H24F2N6O3. The first-order valence-electron chi connectivity index (χ1n) is 10.5. The maximum absolute atomic E-state index is 13.5. The lowest BCUT2D eigenvalue weighted by molar-refractivity contribution is -0.117. The molecule has 2 aliphatic rings. The monoisotopic (exact) mass is 458 g/mol. The van der Waals surface area contributed by atoms with Crippen molar-refractivity contribution in [3.05, 3.63) is 64.2 Å². The summed E-state index contributed by atoms with van der Waals surface area (Å²) in [6.07, 6.45) is 3.73. The number of hydrazine groups is 1. The van der Waals surface area contributed by atoms with Crippen molar-refractivity contribution < 1.29 is 23.2 Å². The second-order valence-electron chi connectivity index (χ2n) is 8.27. The van der Waals surface area contributed by atoms with Gasteiger partial charge in [0.1, 0.15) is 5.69 Å². The summed E-state index contributed by atoms with van der Waals surface area (Å²) in [4.78, 5) is 38.9. The van der Waals surface area contributed by atoms with E-state index < -0.39 is 34.8 Å². The lowest BCUT2D eigenvalue weighted by Gasteiger charge is -2.17. The van der Waals surface area contributed by atoms with E-state index in [0.717, 1.165) is 12.1 Å². The standard InChI is InChI=1S/C22H24F2N6O3/c1-11-17(19(31)21(33)29-22(6-7-22)16(25)10-27-26)15-3-2-8-30(15)18(11)20(32)28-12-4-5-13(23)14(24)9-12/h4-5,9-10,27H,2-3,6-8,25-26H2,1H3,(H,28,32)(H,29,33)/b16-10-. The number of nitrogens with one attached hydrogen (secondary N) is 3. The highest BCUT2D eigenvalue weighted by Crippen LogP contribution is 2.40. The predicted molar refractivity (Wildman–Crippen MR) is 116 cm³/mol. The van der Waals surface area contributed by atoms with Gasteiger partial charge in [0.15, 0.2) is 11.6 Å². The number of nitrogens with zero attached hydrogens (tertiary/aromatic N) is 1. The fourth-order valence-corrected chi connectivity index (χ4v) is 4.30. The number of fused-ring (bicyclic) bond motifs is 1. The highest BCUT2D eigenvalue weighted by molar-refractivity contribution is 6.44. The first-order valence-corrected chi connectivity index (χ1v) is 10.5. The molecule has 11 heteroatoms. The van der Waals surface area contributed by atoms with Gasteiger partial charge in [-0.05, 0) is 50.3 Å². The summed E-state index contributed by atoms with van der Waals surface area (Å²) >= 11 is 0. The Morgan fingerprint density at radius 3 is 2.55 bits per heavy atom. The topological polar surface area (TPSA) is 144 Å². The van der Waals surface area contributed by atoms with Crippen LogP contribution in [0.3, 0.4) is 0 Å². The van der Waals surface area contributed by atoms with Crippen LogP contribution in [0.2, 0.25) is 0 Å². The van der Waals surface area contributed by atoms with Crippen LogP contribution in [0.25, 0.3) is 0 Å². The number of aromatic nitrogens is 1. The molecule has 0 radical (unpaired) electrons. The number of hydrogen-bond acceptors (Lipinski definition) is 6. The molecule has 2 amide bonds. The van der Waals surface area contributed by atoms with E-state index in [4.69, 9.17) is 11.6 Å². The van der Waals surface area contributed by atoms with Crippen molar-refractivity contribution in [1.29, 1.82) is 0 Å². The molecule has 174 valence electrons. The molecular weight excluding hydrogens is 434 g/mol. The summed E-state index contributed by atoms with van der Waals surface area (Å²) in [7, 11) is 0. The Bertz CT molecular complexity index is 1200. The average molecular weight is 458 g/mol. The number of hydrogen-bond donors (Lipinski definition) is 5. The maximum Gasteiger partial charge on any atom is 0.293 e. The quantitative estimate of drug-likeness (QED) is 0.183. The predicted octanol–water partition coefficient (Wildman–Crippen LogP) is 1.37. The first-order chi connectivity index (χ1) is 15.7. The van der Waals surface area contributed by atoms with Crippen LogP contribution in [-0.4, -0.2) is 27.7 Å². The van der Waals surface area contributed by atoms with Gasteiger partial charge in [-0.15, -0.1) is 0 Å². The van der Waals surface area contributed by atoms with Crippen molar-refractivity contribution in [2.24, 2.45) is 11.6 Å². The molecule has 1 aromatic heterocycles. The molecule has 0 unspecified atom stereocenters. The van der Waals surface area contributed by atoms with E-state index in [-0.39, 0.29) is 16.9 Å². The smallest absolute Gasteiger partial charge is 0.293 e. The molecule has 7 N–H and O–H groups in total. The molecule has 9 nitrogen and oxygen atoms in total. The Labute approximate surface area is 188 Å². The third kappa shape index (κ3) is 3.95. The minimum atomic E-state index is -1.09. The van der Waals surface area contributed by atoms with Crippen LogP contribution in [0, 0.1) is 18.6 Å². The van der Waals surface area contributed by atoms with Gasteiger partial charge >= 0.3 is 0 Å². The van der Waals surface area contributed by atoms with Crippen LogP contribution < -0.4 is 27.6 Å². The summed E-state index contributed by atoms with van der Waals surface area (Å²) in [5.41, 5.74) is 9.17. The number of carbonyl (C=O) groups is 3. The number of anilines is 1. The van der Waals surface area contributed by atoms with Crippen LogP contribution in [0.4, 0.5) is 14.5 Å². The van der Waals surface area contributed by atoms with Crippen LogP contribution in [-0.2, 0) is 17.8 Å². The van der Waals surface area contributed by atoms with Gasteiger partial charge in [-0.1, -0.05) is 0 Å². The first kappa shape index (κ1) is 22.5. The molecule has 1 aliphatic carbocycles. The zero-order valence-corrected chi connectivity index (χ0v) is 17.9. The van der Waals surface area contributed by atoms with Gasteiger partial charge < -0.3 is 26.4 Å². The van der Waals surface area contributed by atoms with Crippen LogP contribution in [0.15, 0.2) is 30.1 Å². The van der Waals surface area contributed by atoms with Crippen molar-refractivity contribution in [2.45, 2.75) is 44.7 Å². The van der Waals surface area contributed by atoms with Crippen LogP contribution >= 0.6 is 0 Å². The lowest BCUT2D eigenvalue weighted by atomic mass is 10.0. The van der Waals surface area contributed by atoms with E-state index in [9.17, 15) is 23.2 Å². The maximum atomic E-state index is 13.5. The summed E-state index contributed by atoms with van der Waals surface area (Å²) in [6.45, 7) is 2.08. The fourth-order valence-electron chi connectivity index (χ4n) is 4.30. The van der Waals surface area contributed by atoms with E-state index in [0.29, 0.717) is 49.2 Å². The van der Waals surface area contributed by atoms with Gasteiger partial charge in [-0.25, -0.2) is 8.78 Å². The number of halogens is 2. The number of rotatable bonds is 7. The molecule has 4 rings (SSSR count). The van der Waals surface area contributed by atoms with Gasteiger partial charge in [0.05, 0.1) is 16.8 Å². The highest BCUT2D eigenvalue weighted by Gasteiger charge is 2.48. The highest BCUT2D eigenvalue weighted by atomic mass is 19.2. The SMILES string of the molecule is Cc1c(C(=O)C(=O)NC2(/C(N)=C/NN)CC2)c2n(c1C(=O)Nc1ccc(F)c(F)c1)CCC2. The fraction of sp³-hybridized carbons (Fsp3) is 0.318. The lowest BCUT2D eigenvalue weighted by Crippen LogP contribution is -2.45. The van der Waals surface area contributed by atoms with Gasteiger partial charge in [-0.3, -0.25) is 20.2 Å². The minimum absolute atomic E-state index is 0.0731. The molecule has 1 saturated carbocycles. The van der Waals surface area contributed by atoms with Gasteiger partial charge in [0.2, 0.25) is 0 Å². The summed E-state index contributed by atoms with van der Waals surface area (Å²) in [6, 6.07) is 3.02. The molecule has 0 bridgehead atoms. The molecule has 1 aliphatic heterocycles. The van der Waals surface area contributed by atoms with Crippen molar-refractivity contribution in [3.8, 4) is 0 Å². The summed E-state index contributed by atoms with van der Waals surface area (Å²) < 4.78 is 28.4. The summed E-state index contributed by atoms with van der Waals surface area (Å²) in [5.74, 6) is 0.966. The minimum Gasteiger partial charge on any atom is -0.399 e. The number of ketones is 1. The van der Waals surface area contributed by atoms with Crippen LogP contribution in [0.1, 0.15) is 51.4 Å². The third-order valence-electron chi connectivity index (χ3n) is 6.13.